The molecule has 130 valence electrons. The summed E-state index contributed by atoms with van der Waals surface area (Å²) in [5, 5.41) is 11.1. The normalized spacial score (nSPS) is 20.0. The molecule has 2 N–H and O–H groups in total. The molecule has 3 rings (SSSR count). The number of methoxy groups -OCH3 is 1. The zero-order valence-electron chi connectivity index (χ0n) is 13.5. The van der Waals surface area contributed by atoms with Gasteiger partial charge in [0.15, 0.2) is 5.78 Å². The molecule has 0 aromatic heterocycles. The van der Waals surface area contributed by atoms with Crippen molar-refractivity contribution in [1.82, 2.24) is 0 Å². The van der Waals surface area contributed by atoms with Gasteiger partial charge in [-0.2, -0.15) is 0 Å². The maximum atomic E-state index is 12.5. The summed E-state index contributed by atoms with van der Waals surface area (Å²) >= 11 is 0. The predicted molar refractivity (Wildman–Crippen MR) is 86.0 cm³/mol. The molecular weight excluding hydrogens is 328 g/mol. The van der Waals surface area contributed by atoms with Crippen molar-refractivity contribution in [3.05, 3.63) is 62.7 Å². The van der Waals surface area contributed by atoms with Crippen LogP contribution in [0.15, 0.2) is 47.1 Å². The molecule has 0 saturated carbocycles. The summed E-state index contributed by atoms with van der Waals surface area (Å²) in [5.74, 6) is -1.47. The standard InChI is InChI=1S/C17H16N2O6/c1-24-17(21)15-13(9-4-2-5-10(8-9)19(22)23)14-11(20)6-3-7-12(14)25-16(15)18/h2,4-5,8,13H,3,6-7,18H2,1H3/t13-/m0/s1. The second-order valence-electron chi connectivity index (χ2n) is 5.77. The second-order valence-corrected chi connectivity index (χ2v) is 5.77. The number of nitro benzene ring substituents is 1. The van der Waals surface area contributed by atoms with Gasteiger partial charge >= 0.3 is 5.97 Å². The molecule has 0 radical (unpaired) electrons. The third-order valence-electron chi connectivity index (χ3n) is 4.30. The molecule has 8 heteroatoms. The molecule has 1 heterocycles. The molecule has 1 atom stereocenters. The fourth-order valence-electron chi connectivity index (χ4n) is 3.22. The molecule has 1 aliphatic carbocycles. The van der Waals surface area contributed by atoms with Crippen molar-refractivity contribution in [3.63, 3.8) is 0 Å². The highest BCUT2D eigenvalue weighted by Crippen LogP contribution is 2.44. The van der Waals surface area contributed by atoms with Gasteiger partial charge in [0.05, 0.1) is 18.0 Å². The number of esters is 1. The zero-order chi connectivity index (χ0) is 18.1. The van der Waals surface area contributed by atoms with Crippen LogP contribution in [0.3, 0.4) is 0 Å². The van der Waals surface area contributed by atoms with Gasteiger partial charge in [-0.1, -0.05) is 12.1 Å². The molecule has 1 aliphatic heterocycles. The van der Waals surface area contributed by atoms with Crippen LogP contribution >= 0.6 is 0 Å². The average molecular weight is 344 g/mol. The van der Waals surface area contributed by atoms with Crippen LogP contribution in [0.25, 0.3) is 0 Å². The van der Waals surface area contributed by atoms with Gasteiger partial charge < -0.3 is 15.2 Å². The average Bonchev–Trinajstić information content (AvgIpc) is 2.60. The number of carbonyl (C=O) groups is 2. The molecule has 0 bridgehead atoms. The van der Waals surface area contributed by atoms with E-state index in [1.165, 1.54) is 25.3 Å². The second kappa shape index (κ2) is 6.39. The number of carbonyl (C=O) groups excluding carboxylic acids is 2. The van der Waals surface area contributed by atoms with Gasteiger partial charge in [0, 0.05) is 30.5 Å². The van der Waals surface area contributed by atoms with Crippen molar-refractivity contribution in [2.45, 2.75) is 25.2 Å². The molecule has 0 saturated heterocycles. The number of hydrogen-bond acceptors (Lipinski definition) is 7. The quantitative estimate of drug-likeness (QED) is 0.506. The third-order valence-corrected chi connectivity index (χ3v) is 4.30. The van der Waals surface area contributed by atoms with E-state index < -0.39 is 16.8 Å². The Hall–Kier alpha value is -3.16. The Morgan fingerprint density at radius 3 is 2.84 bits per heavy atom. The van der Waals surface area contributed by atoms with Gasteiger partial charge in [-0.05, 0) is 12.0 Å². The topological polar surface area (TPSA) is 122 Å². The summed E-state index contributed by atoms with van der Waals surface area (Å²) in [6.07, 6.45) is 1.46. The van der Waals surface area contributed by atoms with Crippen LogP contribution in [0.4, 0.5) is 5.69 Å². The molecule has 8 nitrogen and oxygen atoms in total. The highest BCUT2D eigenvalue weighted by molar-refractivity contribution is 6.03. The van der Waals surface area contributed by atoms with Crippen LogP contribution in [0.2, 0.25) is 0 Å². The first-order valence-electron chi connectivity index (χ1n) is 7.70. The first-order valence-corrected chi connectivity index (χ1v) is 7.70. The molecule has 1 aromatic rings. The number of Topliss-reactive ketones (excluding diaryl/α,β-unsaturated/α-hetero) is 1. The van der Waals surface area contributed by atoms with E-state index in [9.17, 15) is 19.7 Å². The number of ketones is 1. The van der Waals surface area contributed by atoms with Gasteiger partial charge in [-0.3, -0.25) is 14.9 Å². The minimum absolute atomic E-state index is 0.0167. The Labute approximate surface area is 143 Å². The van der Waals surface area contributed by atoms with Crippen LogP contribution in [0, 0.1) is 10.1 Å². The maximum absolute atomic E-state index is 12.5. The molecule has 2 aliphatic rings. The van der Waals surface area contributed by atoms with Crippen LogP contribution in [0.5, 0.6) is 0 Å². The van der Waals surface area contributed by atoms with Gasteiger partial charge in [-0.25, -0.2) is 4.79 Å². The smallest absolute Gasteiger partial charge is 0.340 e. The largest absolute Gasteiger partial charge is 0.465 e. The minimum atomic E-state index is -0.844. The van der Waals surface area contributed by atoms with Gasteiger partial charge in [0.2, 0.25) is 5.88 Å². The first-order chi connectivity index (χ1) is 11.9. The summed E-state index contributed by atoms with van der Waals surface area (Å²) in [6, 6.07) is 5.79. The van der Waals surface area contributed by atoms with Gasteiger partial charge in [0.25, 0.3) is 5.69 Å². The Morgan fingerprint density at radius 2 is 2.16 bits per heavy atom. The van der Waals surface area contributed by atoms with Gasteiger partial charge in [0.1, 0.15) is 11.3 Å². The monoisotopic (exact) mass is 344 g/mol. The number of hydrogen-bond donors (Lipinski definition) is 1. The van der Waals surface area contributed by atoms with Crippen molar-refractivity contribution < 1.29 is 24.0 Å². The number of nitrogens with two attached hydrogens (primary N) is 1. The Bertz CT molecular complexity index is 839. The van der Waals surface area contributed by atoms with E-state index in [-0.39, 0.29) is 22.9 Å². The SMILES string of the molecule is COC(=O)C1=C(N)OC2=C(C(=O)CCC2)[C@@H]1c1cccc([N+](=O)[O-])c1. The Kier molecular flexibility index (Phi) is 4.26. The van der Waals surface area contributed by atoms with Crippen molar-refractivity contribution in [2.75, 3.05) is 7.11 Å². The summed E-state index contributed by atoms with van der Waals surface area (Å²) in [4.78, 5) is 35.3. The number of benzene rings is 1. The number of rotatable bonds is 3. The van der Waals surface area contributed by atoms with E-state index in [4.69, 9.17) is 15.2 Å². The van der Waals surface area contributed by atoms with Crippen molar-refractivity contribution in [1.29, 1.82) is 0 Å². The van der Waals surface area contributed by atoms with Crippen molar-refractivity contribution in [2.24, 2.45) is 5.73 Å². The van der Waals surface area contributed by atoms with Crippen molar-refractivity contribution in [3.8, 4) is 0 Å². The highest BCUT2D eigenvalue weighted by atomic mass is 16.6. The molecule has 1 aromatic carbocycles. The summed E-state index contributed by atoms with van der Waals surface area (Å²) < 4.78 is 10.3. The number of ether oxygens (including phenoxy) is 2. The van der Waals surface area contributed by atoms with Crippen LogP contribution in [-0.2, 0) is 19.1 Å². The number of nitrogens with zero attached hydrogens (tertiary/aromatic N) is 1. The lowest BCUT2D eigenvalue weighted by Gasteiger charge is -2.32. The lowest BCUT2D eigenvalue weighted by atomic mass is 9.77. The Balaban J connectivity index is 2.21. The van der Waals surface area contributed by atoms with Crippen molar-refractivity contribution >= 4 is 17.4 Å². The van der Waals surface area contributed by atoms with Gasteiger partial charge in [-0.15, -0.1) is 0 Å². The highest BCUT2D eigenvalue weighted by Gasteiger charge is 2.41. The Morgan fingerprint density at radius 1 is 1.40 bits per heavy atom. The van der Waals surface area contributed by atoms with E-state index >= 15 is 0 Å². The number of allylic oxidation sites excluding steroid dienone is 2. The summed E-state index contributed by atoms with van der Waals surface area (Å²) in [5.41, 5.74) is 6.49. The third kappa shape index (κ3) is 2.86. The first kappa shape index (κ1) is 16.7. The lowest BCUT2D eigenvalue weighted by molar-refractivity contribution is -0.384. The summed E-state index contributed by atoms with van der Waals surface area (Å²) in [7, 11) is 1.19. The fourth-order valence-corrected chi connectivity index (χ4v) is 3.22. The summed E-state index contributed by atoms with van der Waals surface area (Å²) in [6.45, 7) is 0. The fraction of sp³-hybridized carbons (Fsp3) is 0.294. The molecule has 0 amide bonds. The molecular formula is C17H16N2O6. The molecule has 0 spiro atoms. The predicted octanol–water partition coefficient (Wildman–Crippen LogP) is 2.06. The molecule has 0 fully saturated rings. The number of non-ortho nitro benzene ring substituents is 1. The minimum Gasteiger partial charge on any atom is -0.465 e. The van der Waals surface area contributed by atoms with Crippen LogP contribution in [-0.4, -0.2) is 23.8 Å². The van der Waals surface area contributed by atoms with E-state index in [1.54, 1.807) is 6.07 Å². The van der Waals surface area contributed by atoms with E-state index in [0.717, 1.165) is 0 Å². The van der Waals surface area contributed by atoms with E-state index in [0.29, 0.717) is 36.2 Å². The van der Waals surface area contributed by atoms with Crippen LogP contribution in [0.1, 0.15) is 30.7 Å². The van der Waals surface area contributed by atoms with E-state index in [2.05, 4.69) is 0 Å². The molecule has 0 unspecified atom stereocenters. The van der Waals surface area contributed by atoms with E-state index in [1.807, 2.05) is 0 Å². The molecule has 25 heavy (non-hydrogen) atoms. The zero-order valence-corrected chi connectivity index (χ0v) is 13.5. The maximum Gasteiger partial charge on any atom is 0.340 e. The lowest BCUT2D eigenvalue weighted by Crippen LogP contribution is -2.31. The van der Waals surface area contributed by atoms with Crippen LogP contribution < -0.4 is 5.73 Å². The number of nitro groups is 1.